The third-order valence-electron chi connectivity index (χ3n) is 3.97. The molecule has 1 aromatic heterocycles. The molecule has 23 heavy (non-hydrogen) atoms. The van der Waals surface area contributed by atoms with Crippen LogP contribution >= 0.6 is 0 Å². The van der Waals surface area contributed by atoms with Crippen LogP contribution in [0.4, 0.5) is 0 Å². The molecule has 4 rings (SSSR count). The molecule has 3 aromatic carbocycles. The molecule has 0 aliphatic rings. The van der Waals surface area contributed by atoms with Crippen LogP contribution in [0.2, 0.25) is 0 Å². The number of para-hydroxylation sites is 1. The zero-order chi connectivity index (χ0) is 15.6. The van der Waals surface area contributed by atoms with E-state index in [1.807, 2.05) is 78.9 Å². The second-order valence-electron chi connectivity index (χ2n) is 5.49. The molecule has 0 amide bonds. The molecule has 0 spiro atoms. The van der Waals surface area contributed by atoms with E-state index in [1.54, 1.807) is 6.08 Å². The van der Waals surface area contributed by atoms with Crippen LogP contribution in [-0.4, -0.2) is 10.1 Å². The summed E-state index contributed by atoms with van der Waals surface area (Å²) in [5.74, 6) is 0.226. The van der Waals surface area contributed by atoms with E-state index in [9.17, 15) is 5.11 Å². The normalized spacial score (nSPS) is 11.9. The fourth-order valence-electron chi connectivity index (χ4n) is 2.83. The minimum absolute atomic E-state index is 0.226. The lowest BCUT2D eigenvalue weighted by Gasteiger charge is -2.06. The summed E-state index contributed by atoms with van der Waals surface area (Å²) in [6.07, 6.45) is 1.72. The van der Waals surface area contributed by atoms with Gasteiger partial charge in [-0.15, -0.1) is 0 Å². The third kappa shape index (κ3) is 2.55. The van der Waals surface area contributed by atoms with Crippen LogP contribution in [0.5, 0.6) is 0 Å². The zero-order valence-electron chi connectivity index (χ0n) is 12.5. The maximum Gasteiger partial charge on any atom is 0.125 e. The van der Waals surface area contributed by atoms with Crippen molar-refractivity contribution in [1.29, 1.82) is 0 Å². The summed E-state index contributed by atoms with van der Waals surface area (Å²) in [7, 11) is 0. The van der Waals surface area contributed by atoms with Gasteiger partial charge >= 0.3 is 0 Å². The second-order valence-corrected chi connectivity index (χ2v) is 5.49. The van der Waals surface area contributed by atoms with E-state index in [2.05, 4.69) is 4.98 Å². The summed E-state index contributed by atoms with van der Waals surface area (Å²) >= 11 is 0. The van der Waals surface area contributed by atoms with Gasteiger partial charge in [-0.05, 0) is 22.9 Å². The minimum atomic E-state index is 0.226. The van der Waals surface area contributed by atoms with E-state index in [-0.39, 0.29) is 5.76 Å². The summed E-state index contributed by atoms with van der Waals surface area (Å²) in [6.45, 7) is 0. The monoisotopic (exact) mass is 297 g/mol. The Labute approximate surface area is 134 Å². The first-order valence-electron chi connectivity index (χ1n) is 7.56. The average molecular weight is 297 g/mol. The Hall–Kier alpha value is -3.13. The van der Waals surface area contributed by atoms with E-state index in [0.717, 1.165) is 32.9 Å². The molecule has 0 fully saturated rings. The maximum atomic E-state index is 10.6. The Balaban J connectivity index is 1.82. The molecule has 0 unspecified atom stereocenters. The molecule has 0 aliphatic carbocycles. The van der Waals surface area contributed by atoms with E-state index in [0.29, 0.717) is 0 Å². The fraction of sp³-hybridized carbons (Fsp3) is 0. The highest BCUT2D eigenvalue weighted by atomic mass is 16.3. The molecule has 0 saturated carbocycles. The largest absolute Gasteiger partial charge is 0.507 e. The molecule has 0 radical (unpaired) electrons. The van der Waals surface area contributed by atoms with Crippen molar-refractivity contribution in [2.24, 2.45) is 0 Å². The smallest absolute Gasteiger partial charge is 0.125 e. The fourth-order valence-corrected chi connectivity index (χ4v) is 2.83. The molecule has 4 aromatic rings. The molecular formula is C21H15NO. The third-order valence-corrected chi connectivity index (χ3v) is 3.97. The number of hydrogen-bond acceptors (Lipinski definition) is 2. The molecule has 2 nitrogen and oxygen atoms in total. The molecular weight excluding hydrogens is 282 g/mol. The van der Waals surface area contributed by atoms with Gasteiger partial charge in [-0.1, -0.05) is 66.7 Å². The maximum absolute atomic E-state index is 10.6. The zero-order valence-corrected chi connectivity index (χ0v) is 12.5. The molecule has 0 atom stereocenters. The topological polar surface area (TPSA) is 33.1 Å². The van der Waals surface area contributed by atoms with Crippen molar-refractivity contribution in [1.82, 2.24) is 4.98 Å². The molecule has 1 heterocycles. The number of nitrogens with zero attached hydrogens (tertiary/aromatic N) is 1. The van der Waals surface area contributed by atoms with E-state index in [4.69, 9.17) is 0 Å². The Morgan fingerprint density at radius 1 is 0.739 bits per heavy atom. The van der Waals surface area contributed by atoms with Gasteiger partial charge in [-0.25, -0.2) is 4.98 Å². The van der Waals surface area contributed by atoms with Gasteiger partial charge in [0.25, 0.3) is 0 Å². The number of pyridine rings is 1. The number of hydrogen-bond donors (Lipinski definition) is 1. The van der Waals surface area contributed by atoms with Gasteiger partial charge in [-0.3, -0.25) is 0 Å². The van der Waals surface area contributed by atoms with Crippen molar-refractivity contribution >= 4 is 33.5 Å². The van der Waals surface area contributed by atoms with Crippen LogP contribution in [0.15, 0.2) is 78.9 Å². The Morgan fingerprint density at radius 3 is 2.39 bits per heavy atom. The predicted molar refractivity (Wildman–Crippen MR) is 96.2 cm³/mol. The molecule has 110 valence electrons. The standard InChI is InChI=1S/C21H15NO/c23-21(19-10-5-8-15-6-1-3-9-18(15)19)14-17-13-12-16-7-2-4-11-20(16)22-17/h1-14,23H/b21-14+. The molecule has 0 saturated heterocycles. The number of aromatic nitrogens is 1. The summed E-state index contributed by atoms with van der Waals surface area (Å²) < 4.78 is 0. The van der Waals surface area contributed by atoms with Crippen molar-refractivity contribution in [2.45, 2.75) is 0 Å². The van der Waals surface area contributed by atoms with Gasteiger partial charge in [0.05, 0.1) is 11.2 Å². The van der Waals surface area contributed by atoms with Gasteiger partial charge in [0.2, 0.25) is 0 Å². The van der Waals surface area contributed by atoms with E-state index in [1.165, 1.54) is 0 Å². The highest BCUT2D eigenvalue weighted by Crippen LogP contribution is 2.25. The van der Waals surface area contributed by atoms with Gasteiger partial charge in [-0.2, -0.15) is 0 Å². The number of aliphatic hydroxyl groups excluding tert-OH is 1. The lowest BCUT2D eigenvalue weighted by molar-refractivity contribution is 0.516. The second kappa shape index (κ2) is 5.58. The van der Waals surface area contributed by atoms with Gasteiger partial charge in [0, 0.05) is 17.0 Å². The number of benzene rings is 3. The molecule has 1 N–H and O–H groups in total. The van der Waals surface area contributed by atoms with Crippen LogP contribution in [0.3, 0.4) is 0 Å². The Morgan fingerprint density at radius 2 is 1.48 bits per heavy atom. The SMILES string of the molecule is O/C(=C/c1ccc2ccccc2n1)c1cccc2ccccc12. The number of aliphatic hydroxyl groups is 1. The van der Waals surface area contributed by atoms with Crippen LogP contribution in [0.1, 0.15) is 11.3 Å². The summed E-state index contributed by atoms with van der Waals surface area (Å²) in [5.41, 5.74) is 2.49. The van der Waals surface area contributed by atoms with Crippen LogP contribution in [-0.2, 0) is 0 Å². The molecule has 0 aliphatic heterocycles. The Kier molecular flexibility index (Phi) is 3.28. The first kappa shape index (κ1) is 13.5. The van der Waals surface area contributed by atoms with E-state index >= 15 is 0 Å². The molecule has 0 bridgehead atoms. The van der Waals surface area contributed by atoms with Crippen molar-refractivity contribution in [3.05, 3.63) is 90.1 Å². The number of fused-ring (bicyclic) bond motifs is 2. The number of rotatable bonds is 2. The summed E-state index contributed by atoms with van der Waals surface area (Å²) in [5, 5.41) is 13.8. The lowest BCUT2D eigenvalue weighted by Crippen LogP contribution is -1.88. The minimum Gasteiger partial charge on any atom is -0.507 e. The van der Waals surface area contributed by atoms with Gasteiger partial charge in [0.15, 0.2) is 0 Å². The van der Waals surface area contributed by atoms with Crippen LogP contribution in [0.25, 0.3) is 33.5 Å². The average Bonchev–Trinajstić information content (AvgIpc) is 2.61. The molecule has 2 heteroatoms. The highest BCUT2D eigenvalue weighted by molar-refractivity contribution is 5.95. The quantitative estimate of drug-likeness (QED) is 0.499. The summed E-state index contributed by atoms with van der Waals surface area (Å²) in [6, 6.07) is 25.9. The van der Waals surface area contributed by atoms with Gasteiger partial charge < -0.3 is 5.11 Å². The lowest BCUT2D eigenvalue weighted by atomic mass is 10.0. The Bertz CT molecular complexity index is 1030. The highest BCUT2D eigenvalue weighted by Gasteiger charge is 2.05. The van der Waals surface area contributed by atoms with Crippen molar-refractivity contribution in [3.63, 3.8) is 0 Å². The summed E-state index contributed by atoms with van der Waals surface area (Å²) in [4.78, 5) is 4.58. The first-order valence-corrected chi connectivity index (χ1v) is 7.56. The van der Waals surface area contributed by atoms with Crippen LogP contribution < -0.4 is 0 Å². The van der Waals surface area contributed by atoms with Crippen molar-refractivity contribution in [2.75, 3.05) is 0 Å². The predicted octanol–water partition coefficient (Wildman–Crippen LogP) is 5.44. The van der Waals surface area contributed by atoms with Crippen LogP contribution in [0, 0.1) is 0 Å². The van der Waals surface area contributed by atoms with Crippen molar-refractivity contribution in [3.8, 4) is 0 Å². The van der Waals surface area contributed by atoms with E-state index < -0.39 is 0 Å². The van der Waals surface area contributed by atoms with Crippen molar-refractivity contribution < 1.29 is 5.11 Å². The van der Waals surface area contributed by atoms with Gasteiger partial charge in [0.1, 0.15) is 5.76 Å². The first-order chi connectivity index (χ1) is 11.3.